The third-order valence-electron chi connectivity index (χ3n) is 9.44. The smallest absolute Gasteiger partial charge is 0.338 e. The molecule has 0 spiro atoms. The molecule has 2 heterocycles. The number of terminal acetylenes is 2. The molecule has 0 aliphatic carbocycles. The second-order valence-electron chi connectivity index (χ2n) is 18.2. The van der Waals surface area contributed by atoms with E-state index in [1.807, 2.05) is 12.4 Å². The van der Waals surface area contributed by atoms with Gasteiger partial charge in [-0.3, -0.25) is 9.59 Å². The van der Waals surface area contributed by atoms with Crippen LogP contribution in [0.4, 0.5) is 0 Å². The molecule has 22 heteroatoms. The molecule has 0 aliphatic rings. The molecular formula is C50H66N12O10. The minimum Gasteiger partial charge on any atom is -0.462 e. The van der Waals surface area contributed by atoms with Gasteiger partial charge < -0.3 is 28.4 Å². The highest BCUT2D eigenvalue weighted by Gasteiger charge is 2.23. The lowest BCUT2D eigenvalue weighted by atomic mass is 9.83. The van der Waals surface area contributed by atoms with Crippen LogP contribution in [-0.2, 0) is 53.5 Å². The van der Waals surface area contributed by atoms with E-state index in [4.69, 9.17) is 52.3 Å². The van der Waals surface area contributed by atoms with Crippen molar-refractivity contribution in [1.29, 1.82) is 0 Å². The van der Waals surface area contributed by atoms with E-state index in [2.05, 4.69) is 94.1 Å². The van der Waals surface area contributed by atoms with Crippen LogP contribution >= 0.6 is 0 Å². The van der Waals surface area contributed by atoms with Gasteiger partial charge in [-0.2, -0.15) is 0 Å². The maximum absolute atomic E-state index is 12.6. The molecule has 4 aromatic rings. The fourth-order valence-corrected chi connectivity index (χ4v) is 6.19. The van der Waals surface area contributed by atoms with Gasteiger partial charge in [0, 0.05) is 73.3 Å². The number of carbonyl (C=O) groups excluding carboxylic acids is 4. The quantitative estimate of drug-likeness (QED) is 0.0115. The highest BCUT2D eigenvalue weighted by Crippen LogP contribution is 2.27. The third-order valence-corrected chi connectivity index (χ3v) is 9.44. The van der Waals surface area contributed by atoms with Gasteiger partial charge in [0.2, 0.25) is 0 Å². The number of esters is 4. The Bertz CT molecular complexity index is 2430. The van der Waals surface area contributed by atoms with Crippen molar-refractivity contribution in [2.45, 2.75) is 99.6 Å². The van der Waals surface area contributed by atoms with E-state index < -0.39 is 23.9 Å². The number of azide groups is 2. The van der Waals surface area contributed by atoms with Gasteiger partial charge in [-0.15, -0.1) is 34.9 Å². The van der Waals surface area contributed by atoms with E-state index in [1.165, 1.54) is 38.1 Å². The molecule has 0 fully saturated rings. The Morgan fingerprint density at radius 2 is 1.11 bits per heavy atom. The van der Waals surface area contributed by atoms with Crippen LogP contribution < -0.4 is 9.47 Å². The van der Waals surface area contributed by atoms with Crippen LogP contribution in [0, 0.1) is 41.9 Å². The number of ether oxygens (including phenoxy) is 6. The van der Waals surface area contributed by atoms with Crippen LogP contribution in [0.3, 0.4) is 0 Å². The molecule has 22 nitrogen and oxygen atoms in total. The normalized spacial score (nSPS) is 11.1. The summed E-state index contributed by atoms with van der Waals surface area (Å²) in [4.78, 5) is 51.4. The molecule has 0 aliphatic heterocycles. The molecule has 386 valence electrons. The van der Waals surface area contributed by atoms with Crippen molar-refractivity contribution >= 4 is 23.9 Å². The molecular weight excluding hydrogens is 929 g/mol. The summed E-state index contributed by atoms with van der Waals surface area (Å²) in [6.45, 7) is 19.5. The second-order valence-corrected chi connectivity index (χ2v) is 18.2. The van der Waals surface area contributed by atoms with Gasteiger partial charge in [0.25, 0.3) is 0 Å². The average molecular weight is 995 g/mol. The van der Waals surface area contributed by atoms with E-state index in [0.29, 0.717) is 94.5 Å². The van der Waals surface area contributed by atoms with Crippen LogP contribution in [0.25, 0.3) is 20.9 Å². The predicted octanol–water partition coefficient (Wildman–Crippen LogP) is 8.32. The number of aromatic nitrogens is 6. The molecule has 0 N–H and O–H groups in total. The lowest BCUT2D eigenvalue weighted by molar-refractivity contribution is -0.132. The molecule has 72 heavy (non-hydrogen) atoms. The van der Waals surface area contributed by atoms with E-state index in [0.717, 1.165) is 17.8 Å². The van der Waals surface area contributed by atoms with E-state index >= 15 is 0 Å². The molecule has 1 unspecified atom stereocenters. The summed E-state index contributed by atoms with van der Waals surface area (Å²) >= 11 is 0. The van der Waals surface area contributed by atoms with Crippen molar-refractivity contribution < 1.29 is 47.6 Å². The zero-order valence-corrected chi connectivity index (χ0v) is 42.4. The molecule has 0 saturated carbocycles. The van der Waals surface area contributed by atoms with Crippen LogP contribution in [0.5, 0.6) is 11.5 Å². The van der Waals surface area contributed by atoms with Crippen molar-refractivity contribution in [3.63, 3.8) is 0 Å². The Labute approximate surface area is 420 Å². The van der Waals surface area contributed by atoms with Crippen molar-refractivity contribution in [2.24, 2.45) is 27.5 Å². The van der Waals surface area contributed by atoms with Gasteiger partial charge >= 0.3 is 23.9 Å². The maximum atomic E-state index is 12.6. The van der Waals surface area contributed by atoms with Crippen LogP contribution in [0.2, 0.25) is 0 Å². The fraction of sp³-hybridized carbons (Fsp3) is 0.520. The summed E-state index contributed by atoms with van der Waals surface area (Å²) in [7, 11) is 0. The molecule has 0 bridgehead atoms. The Morgan fingerprint density at radius 3 is 1.53 bits per heavy atom. The first-order chi connectivity index (χ1) is 34.3. The van der Waals surface area contributed by atoms with E-state index in [9.17, 15) is 19.2 Å². The number of rotatable bonds is 25. The number of nitrogens with zero attached hydrogens (tertiary/aromatic N) is 12. The first kappa shape index (κ1) is 60.4. The Hall–Kier alpha value is -7.74. The van der Waals surface area contributed by atoms with Crippen molar-refractivity contribution in [3.05, 3.63) is 104 Å². The number of benzene rings is 2. The van der Waals surface area contributed by atoms with E-state index in [-0.39, 0.29) is 35.9 Å². The predicted molar refractivity (Wildman–Crippen MR) is 266 cm³/mol. The number of hydrogen-bond donors (Lipinski definition) is 0. The second kappa shape index (κ2) is 33.0. The van der Waals surface area contributed by atoms with Crippen molar-refractivity contribution in [3.8, 4) is 36.2 Å². The molecule has 2 aromatic heterocycles. The van der Waals surface area contributed by atoms with Gasteiger partial charge in [0.05, 0.1) is 75.2 Å². The number of hydrogen-bond acceptors (Lipinski definition) is 16. The van der Waals surface area contributed by atoms with Crippen LogP contribution in [-0.4, -0.2) is 107 Å². The average Bonchev–Trinajstić information content (AvgIpc) is 4.00. The molecule has 4 rings (SSSR count). The van der Waals surface area contributed by atoms with Crippen molar-refractivity contribution in [2.75, 3.05) is 52.7 Å². The Balaban J connectivity index is 0.000000459. The first-order valence-electron chi connectivity index (χ1n) is 23.0. The molecule has 2 aromatic carbocycles. The summed E-state index contributed by atoms with van der Waals surface area (Å²) in [5.74, 6) is 4.08. The summed E-state index contributed by atoms with van der Waals surface area (Å²) in [6.07, 6.45) is 16.8. The first-order valence-corrected chi connectivity index (χ1v) is 23.0. The Kier molecular flexibility index (Phi) is 27.6. The maximum Gasteiger partial charge on any atom is 0.338 e. The van der Waals surface area contributed by atoms with Gasteiger partial charge in [-0.05, 0) is 83.8 Å². The summed E-state index contributed by atoms with van der Waals surface area (Å²) < 4.78 is 35.0. The zero-order valence-electron chi connectivity index (χ0n) is 42.4. The minimum absolute atomic E-state index is 0.0305. The summed E-state index contributed by atoms with van der Waals surface area (Å²) in [5, 5.41) is 23.4. The molecule has 0 saturated heterocycles. The van der Waals surface area contributed by atoms with Gasteiger partial charge in [0.1, 0.15) is 11.5 Å². The van der Waals surface area contributed by atoms with Crippen LogP contribution in [0.15, 0.2) is 71.2 Å². The SMILES string of the molecule is C#CCC(CC#C)COC(=O)c1ccc(OC(C)=O)cc1.CC(=O)Oc1ccc(C(=O)OCC(Cc2cn(CCOCCn3cc(C(C)(C)C)nn3)nn2)CC(C)(C)C)cc1.[N-]=[N+]=NCCOCCN=[N+]=[N-]. The fourth-order valence-electron chi connectivity index (χ4n) is 6.19. The highest BCUT2D eigenvalue weighted by molar-refractivity contribution is 5.90. The molecule has 1 atom stereocenters. The van der Waals surface area contributed by atoms with Gasteiger partial charge in [0.15, 0.2) is 0 Å². The highest BCUT2D eigenvalue weighted by atomic mass is 16.5. The van der Waals surface area contributed by atoms with Crippen LogP contribution in [0.1, 0.15) is 107 Å². The monoisotopic (exact) mass is 995 g/mol. The summed E-state index contributed by atoms with van der Waals surface area (Å²) in [5.41, 5.74) is 18.3. The lowest BCUT2D eigenvalue weighted by Gasteiger charge is -2.25. The third kappa shape index (κ3) is 26.9. The lowest BCUT2D eigenvalue weighted by Crippen LogP contribution is -2.22. The van der Waals surface area contributed by atoms with Crippen molar-refractivity contribution in [1.82, 2.24) is 30.0 Å². The Morgan fingerprint density at radius 1 is 0.667 bits per heavy atom. The molecule has 0 amide bonds. The minimum atomic E-state index is -0.469. The van der Waals surface area contributed by atoms with Gasteiger partial charge in [-0.1, -0.05) is 62.2 Å². The topological polar surface area (TPSA) is 283 Å². The zero-order chi connectivity index (χ0) is 53.4. The molecule has 0 radical (unpaired) electrons. The van der Waals surface area contributed by atoms with Gasteiger partial charge in [-0.25, -0.2) is 19.0 Å². The largest absolute Gasteiger partial charge is 0.462 e. The number of carbonyl (C=O) groups is 4. The van der Waals surface area contributed by atoms with E-state index in [1.54, 1.807) is 33.6 Å². The standard InChI is InChI=1S/C29H42N6O5.C17H16O4.C4H8N6O/c1-21(36)40-25-10-8-23(9-11-25)27(37)39-20-22(17-28(2,3)4)16-24-18-34(32-30-24)12-14-38-15-13-35-19-26(31-33-35)29(5,6)7;1-4-6-14(7-5-2)12-20-17(19)15-8-10-16(11-9-15)21-13(3)18;5-9-7-1-3-11-4-2-8-10-6/h8-11,18-19,22H,12-17,20H2,1-7H3;1-2,8-11,14H,6-7,12H2,3H3;1-4H2. The summed E-state index contributed by atoms with van der Waals surface area (Å²) in [6, 6.07) is 12.4.